The average Bonchev–Trinajstić information content (AvgIpc) is 2.60. The van der Waals surface area contributed by atoms with E-state index in [0.29, 0.717) is 22.2 Å². The summed E-state index contributed by atoms with van der Waals surface area (Å²) in [7, 11) is 1.61. The van der Waals surface area contributed by atoms with Crippen molar-refractivity contribution in [3.8, 4) is 5.75 Å². The summed E-state index contributed by atoms with van der Waals surface area (Å²) in [5.41, 5.74) is 5.22. The second kappa shape index (κ2) is 8.16. The number of carbonyl (C=O) groups excluding carboxylic acids is 1. The van der Waals surface area contributed by atoms with Crippen molar-refractivity contribution in [2.75, 3.05) is 12.4 Å². The number of hydrogen-bond acceptors (Lipinski definition) is 5. The van der Waals surface area contributed by atoms with Gasteiger partial charge in [-0.3, -0.25) is 10.2 Å². The van der Waals surface area contributed by atoms with Crippen LogP contribution in [0.15, 0.2) is 47.6 Å². The highest BCUT2D eigenvalue weighted by atomic mass is 32.1. The van der Waals surface area contributed by atoms with E-state index in [4.69, 9.17) is 17.0 Å². The van der Waals surface area contributed by atoms with Crippen LogP contribution in [0, 0.1) is 0 Å². The lowest BCUT2D eigenvalue weighted by Gasteiger charge is -2.09. The van der Waals surface area contributed by atoms with Crippen molar-refractivity contribution in [1.82, 2.24) is 10.4 Å². The topological polar surface area (TPSA) is 75.6 Å². The van der Waals surface area contributed by atoms with Crippen molar-refractivity contribution in [2.45, 2.75) is 13.8 Å². The number of pyridine rings is 1. The van der Waals surface area contributed by atoms with Crippen LogP contribution in [0.2, 0.25) is 0 Å². The maximum absolute atomic E-state index is 11.4. The Morgan fingerprint density at radius 3 is 2.42 bits per heavy atom. The van der Waals surface area contributed by atoms with Crippen molar-refractivity contribution in [3.05, 3.63) is 53.9 Å². The van der Waals surface area contributed by atoms with Crippen molar-refractivity contribution in [2.24, 2.45) is 5.10 Å². The molecule has 6 nitrogen and oxygen atoms in total. The minimum absolute atomic E-state index is 0.0886. The van der Waals surface area contributed by atoms with E-state index in [1.807, 2.05) is 24.3 Å². The molecule has 0 radical (unpaired) electrons. The summed E-state index contributed by atoms with van der Waals surface area (Å²) in [6, 6.07) is 12.6. The van der Waals surface area contributed by atoms with Crippen LogP contribution in [-0.4, -0.2) is 28.7 Å². The van der Waals surface area contributed by atoms with Crippen molar-refractivity contribution >= 4 is 34.5 Å². The Kier molecular flexibility index (Phi) is 5.97. The molecule has 0 aliphatic heterocycles. The van der Waals surface area contributed by atoms with E-state index in [0.717, 1.165) is 11.4 Å². The molecular weight excluding hydrogens is 324 g/mol. The molecule has 0 fully saturated rings. The number of nitrogens with one attached hydrogen (secondary N) is 2. The largest absolute Gasteiger partial charge is 0.497 e. The number of nitrogens with zero attached hydrogens (tertiary/aromatic N) is 2. The zero-order valence-corrected chi connectivity index (χ0v) is 14.5. The Hall–Kier alpha value is -2.80. The van der Waals surface area contributed by atoms with Crippen molar-refractivity contribution in [1.29, 1.82) is 0 Å². The SMILES string of the molecule is COc1ccc(NC(=S)N/N=C(\C)c2cccc(C(C)=O)n2)cc1. The molecule has 0 aliphatic rings. The molecule has 124 valence electrons. The molecule has 2 aromatic rings. The normalized spacial score (nSPS) is 10.9. The van der Waals surface area contributed by atoms with Crippen LogP contribution in [0.25, 0.3) is 0 Å². The first-order valence-corrected chi connectivity index (χ1v) is 7.64. The third kappa shape index (κ3) is 4.85. The highest BCUT2D eigenvalue weighted by Gasteiger charge is 2.05. The Morgan fingerprint density at radius 2 is 1.79 bits per heavy atom. The van der Waals surface area contributed by atoms with Crippen LogP contribution in [0.3, 0.4) is 0 Å². The van der Waals surface area contributed by atoms with E-state index in [-0.39, 0.29) is 5.78 Å². The number of Topliss-reactive ketones (excluding diaryl/α,β-unsaturated/α-hetero) is 1. The van der Waals surface area contributed by atoms with Crippen LogP contribution in [0.4, 0.5) is 5.69 Å². The van der Waals surface area contributed by atoms with Gasteiger partial charge in [0.1, 0.15) is 11.4 Å². The fourth-order valence-electron chi connectivity index (χ4n) is 1.86. The molecule has 0 unspecified atom stereocenters. The lowest BCUT2D eigenvalue weighted by molar-refractivity contribution is 0.101. The Labute approximate surface area is 145 Å². The molecule has 0 aliphatic carbocycles. The van der Waals surface area contributed by atoms with Gasteiger partial charge >= 0.3 is 0 Å². The third-order valence-electron chi connectivity index (χ3n) is 3.15. The van der Waals surface area contributed by atoms with E-state index in [1.54, 1.807) is 32.2 Å². The summed E-state index contributed by atoms with van der Waals surface area (Å²) in [6.07, 6.45) is 0. The summed E-state index contributed by atoms with van der Waals surface area (Å²) in [5.74, 6) is 0.680. The van der Waals surface area contributed by atoms with Crippen LogP contribution in [0.1, 0.15) is 30.0 Å². The predicted octanol–water partition coefficient (Wildman–Crippen LogP) is 3.00. The van der Waals surface area contributed by atoms with Gasteiger partial charge in [-0.25, -0.2) is 4.98 Å². The summed E-state index contributed by atoms with van der Waals surface area (Å²) in [6.45, 7) is 3.26. The van der Waals surface area contributed by atoms with Gasteiger partial charge in [-0.1, -0.05) is 6.07 Å². The zero-order valence-electron chi connectivity index (χ0n) is 13.7. The van der Waals surface area contributed by atoms with Gasteiger partial charge in [-0.15, -0.1) is 0 Å². The highest BCUT2D eigenvalue weighted by molar-refractivity contribution is 7.80. The number of carbonyl (C=O) groups is 1. The molecule has 0 atom stereocenters. The van der Waals surface area contributed by atoms with E-state index < -0.39 is 0 Å². The number of methoxy groups -OCH3 is 1. The maximum Gasteiger partial charge on any atom is 0.191 e. The first-order chi connectivity index (χ1) is 11.5. The quantitative estimate of drug-likeness (QED) is 0.376. The van der Waals surface area contributed by atoms with Crippen LogP contribution in [-0.2, 0) is 0 Å². The number of benzene rings is 1. The van der Waals surface area contributed by atoms with Gasteiger partial charge in [0, 0.05) is 12.6 Å². The molecule has 24 heavy (non-hydrogen) atoms. The monoisotopic (exact) mass is 342 g/mol. The number of aromatic nitrogens is 1. The van der Waals surface area contributed by atoms with Gasteiger partial charge in [-0.05, 0) is 55.5 Å². The summed E-state index contributed by atoms with van der Waals surface area (Å²) >= 11 is 5.20. The van der Waals surface area contributed by atoms with Crippen LogP contribution >= 0.6 is 12.2 Å². The van der Waals surface area contributed by atoms with Gasteiger partial charge in [-0.2, -0.15) is 5.10 Å². The van der Waals surface area contributed by atoms with E-state index in [2.05, 4.69) is 20.8 Å². The first-order valence-electron chi connectivity index (χ1n) is 7.23. The van der Waals surface area contributed by atoms with Crippen LogP contribution in [0.5, 0.6) is 5.75 Å². The molecule has 0 saturated carbocycles. The van der Waals surface area contributed by atoms with Gasteiger partial charge < -0.3 is 10.1 Å². The lowest BCUT2D eigenvalue weighted by atomic mass is 10.2. The molecule has 0 saturated heterocycles. The van der Waals surface area contributed by atoms with E-state index in [9.17, 15) is 4.79 Å². The maximum atomic E-state index is 11.4. The number of rotatable bonds is 5. The van der Waals surface area contributed by atoms with Crippen molar-refractivity contribution < 1.29 is 9.53 Å². The molecule has 1 heterocycles. The van der Waals surface area contributed by atoms with Gasteiger partial charge in [0.25, 0.3) is 0 Å². The van der Waals surface area contributed by atoms with E-state index in [1.165, 1.54) is 6.92 Å². The van der Waals surface area contributed by atoms with Crippen molar-refractivity contribution in [3.63, 3.8) is 0 Å². The molecular formula is C17H18N4O2S. The van der Waals surface area contributed by atoms with Gasteiger partial charge in [0.05, 0.1) is 18.5 Å². The molecule has 1 aromatic carbocycles. The second-order valence-electron chi connectivity index (χ2n) is 4.96. The zero-order chi connectivity index (χ0) is 17.5. The molecule has 0 spiro atoms. The Morgan fingerprint density at radius 1 is 1.12 bits per heavy atom. The molecule has 7 heteroatoms. The summed E-state index contributed by atoms with van der Waals surface area (Å²) in [4.78, 5) is 15.6. The number of thiocarbonyl (C=S) groups is 1. The fourth-order valence-corrected chi connectivity index (χ4v) is 2.02. The molecule has 2 N–H and O–H groups in total. The van der Waals surface area contributed by atoms with Gasteiger partial charge in [0.2, 0.25) is 0 Å². The predicted molar refractivity (Wildman–Crippen MR) is 98.8 cm³/mol. The second-order valence-corrected chi connectivity index (χ2v) is 5.36. The summed E-state index contributed by atoms with van der Waals surface area (Å²) < 4.78 is 5.10. The number of ether oxygens (including phenoxy) is 1. The Balaban J connectivity index is 1.99. The standard InChI is InChI=1S/C17H18N4O2S/c1-11(15-5-4-6-16(19-15)12(2)22)20-21-17(24)18-13-7-9-14(23-3)10-8-13/h4-10H,1-3H3,(H2,18,21,24)/b20-11+. The molecule has 0 bridgehead atoms. The van der Waals surface area contributed by atoms with E-state index >= 15 is 0 Å². The van der Waals surface area contributed by atoms with Gasteiger partial charge in [0.15, 0.2) is 10.9 Å². The fraction of sp³-hybridized carbons (Fsp3) is 0.176. The minimum atomic E-state index is -0.0886. The molecule has 1 aromatic heterocycles. The number of anilines is 1. The third-order valence-corrected chi connectivity index (χ3v) is 3.35. The first kappa shape index (κ1) is 17.6. The highest BCUT2D eigenvalue weighted by Crippen LogP contribution is 2.14. The lowest BCUT2D eigenvalue weighted by Crippen LogP contribution is -2.25. The number of hydrazone groups is 1. The average molecular weight is 342 g/mol. The smallest absolute Gasteiger partial charge is 0.191 e. The molecule has 2 rings (SSSR count). The minimum Gasteiger partial charge on any atom is -0.497 e. The number of hydrogen-bond donors (Lipinski definition) is 2. The number of ketones is 1. The Bertz CT molecular complexity index is 772. The summed E-state index contributed by atoms with van der Waals surface area (Å²) in [5, 5.41) is 7.55. The van der Waals surface area contributed by atoms with Crippen LogP contribution < -0.4 is 15.5 Å². The molecule has 0 amide bonds.